The van der Waals surface area contributed by atoms with Crippen LogP contribution in [0.5, 0.6) is 11.5 Å². The molecule has 0 radical (unpaired) electrons. The predicted octanol–water partition coefficient (Wildman–Crippen LogP) is 3.03. The van der Waals surface area contributed by atoms with Gasteiger partial charge in [0.25, 0.3) is 0 Å². The number of nitrogens with zero attached hydrogens (tertiary/aromatic N) is 2. The van der Waals surface area contributed by atoms with Crippen LogP contribution in [0.15, 0.2) is 53.8 Å². The molecule has 0 bridgehead atoms. The quantitative estimate of drug-likeness (QED) is 0.506. The van der Waals surface area contributed by atoms with Gasteiger partial charge in [0.2, 0.25) is 6.79 Å². The second-order valence-corrected chi connectivity index (χ2v) is 6.87. The largest absolute Gasteiger partial charge is 0.454 e. The summed E-state index contributed by atoms with van der Waals surface area (Å²) < 4.78 is 16.3. The number of fused-ring (bicyclic) bond motifs is 2. The van der Waals surface area contributed by atoms with Gasteiger partial charge in [-0.05, 0) is 23.8 Å². The topological polar surface area (TPSA) is 73.7 Å². The minimum atomic E-state index is -0.581. The van der Waals surface area contributed by atoms with Gasteiger partial charge in [-0.2, -0.15) is 0 Å². The Morgan fingerprint density at radius 1 is 1.12 bits per heavy atom. The Morgan fingerprint density at radius 2 is 2.00 bits per heavy atom. The Balaban J connectivity index is 1.27. The number of aliphatic hydroxyl groups is 1. The number of benzene rings is 2. The minimum Gasteiger partial charge on any atom is -0.454 e. The molecule has 6 nitrogen and oxygen atoms in total. The maximum atomic E-state index is 10.2. The Morgan fingerprint density at radius 3 is 2.96 bits per heavy atom. The lowest BCUT2D eigenvalue weighted by molar-refractivity contribution is 0.0397. The Bertz CT molecular complexity index is 900. The molecule has 26 heavy (non-hydrogen) atoms. The van der Waals surface area contributed by atoms with Crippen molar-refractivity contribution in [2.45, 2.75) is 17.7 Å². The van der Waals surface area contributed by atoms with E-state index in [2.05, 4.69) is 9.97 Å². The highest BCUT2D eigenvalue weighted by Crippen LogP contribution is 2.32. The summed E-state index contributed by atoms with van der Waals surface area (Å²) in [6, 6.07) is 13.5. The molecule has 0 saturated heterocycles. The number of hydrogen-bond acceptors (Lipinski definition) is 7. The molecule has 0 amide bonds. The van der Waals surface area contributed by atoms with E-state index in [-0.39, 0.29) is 13.4 Å². The van der Waals surface area contributed by atoms with Crippen LogP contribution >= 0.6 is 11.8 Å². The first-order valence-electron chi connectivity index (χ1n) is 8.26. The molecular formula is C19H18N2O4S. The third-order valence-electron chi connectivity index (χ3n) is 3.93. The fraction of sp³-hybridized carbons (Fsp3) is 0.263. The van der Waals surface area contributed by atoms with Crippen molar-refractivity contribution in [2.24, 2.45) is 0 Å². The maximum Gasteiger partial charge on any atom is 0.231 e. The van der Waals surface area contributed by atoms with E-state index in [1.54, 1.807) is 6.33 Å². The molecule has 0 fully saturated rings. The summed E-state index contributed by atoms with van der Waals surface area (Å²) in [6.45, 7) is 0.923. The van der Waals surface area contributed by atoms with Gasteiger partial charge in [0.15, 0.2) is 11.5 Å². The molecule has 1 aromatic heterocycles. The molecule has 1 aliphatic rings. The molecule has 0 unspecified atom stereocenters. The van der Waals surface area contributed by atoms with Crippen LogP contribution in [0.1, 0.15) is 5.56 Å². The highest BCUT2D eigenvalue weighted by Gasteiger charge is 2.14. The Kier molecular flexibility index (Phi) is 5.19. The number of aliphatic hydroxyl groups excluding tert-OH is 1. The summed E-state index contributed by atoms with van der Waals surface area (Å²) in [7, 11) is 0. The van der Waals surface area contributed by atoms with E-state index in [9.17, 15) is 5.11 Å². The predicted molar refractivity (Wildman–Crippen MR) is 98.5 cm³/mol. The highest BCUT2D eigenvalue weighted by molar-refractivity contribution is 7.99. The van der Waals surface area contributed by atoms with Gasteiger partial charge in [0.1, 0.15) is 11.4 Å². The van der Waals surface area contributed by atoms with Gasteiger partial charge in [-0.1, -0.05) is 24.3 Å². The number of para-hydroxylation sites is 1. The number of aromatic nitrogens is 2. The van der Waals surface area contributed by atoms with E-state index < -0.39 is 6.10 Å². The van der Waals surface area contributed by atoms with Crippen LogP contribution in [-0.4, -0.2) is 40.3 Å². The monoisotopic (exact) mass is 370 g/mol. The lowest BCUT2D eigenvalue weighted by Crippen LogP contribution is -2.18. The number of hydrogen-bond donors (Lipinski definition) is 1. The molecule has 134 valence electrons. The summed E-state index contributed by atoms with van der Waals surface area (Å²) in [5.74, 6) is 1.99. The van der Waals surface area contributed by atoms with Crippen molar-refractivity contribution in [1.82, 2.24) is 9.97 Å². The van der Waals surface area contributed by atoms with Crippen LogP contribution in [0.2, 0.25) is 0 Å². The van der Waals surface area contributed by atoms with Crippen molar-refractivity contribution in [3.8, 4) is 11.5 Å². The first-order chi connectivity index (χ1) is 12.8. The molecule has 4 rings (SSSR count). The molecule has 0 saturated carbocycles. The molecule has 1 aliphatic heterocycles. The van der Waals surface area contributed by atoms with Crippen molar-refractivity contribution >= 4 is 22.7 Å². The van der Waals surface area contributed by atoms with E-state index in [0.717, 1.165) is 33.0 Å². The standard InChI is InChI=1S/C19H18N2O4S/c22-14(9-23-8-13-5-6-17-18(7-13)25-12-24-17)10-26-19-15-3-1-2-4-16(15)20-11-21-19/h1-7,11,14,22H,8-10,12H2/t14-/m1/s1. The SMILES string of the molecule is O[C@H](COCc1ccc2c(c1)OCO2)CSc1ncnc2ccccc12. The fourth-order valence-electron chi connectivity index (χ4n) is 2.66. The number of rotatable bonds is 7. The van der Waals surface area contributed by atoms with Gasteiger partial charge in [-0.25, -0.2) is 9.97 Å². The zero-order chi connectivity index (χ0) is 17.8. The van der Waals surface area contributed by atoms with Gasteiger partial charge < -0.3 is 19.3 Å². The fourth-order valence-corrected chi connectivity index (χ4v) is 3.56. The summed E-state index contributed by atoms with van der Waals surface area (Å²) in [4.78, 5) is 8.56. The normalized spacial score (nSPS) is 13.9. The lowest BCUT2D eigenvalue weighted by atomic mass is 10.2. The molecular weight excluding hydrogens is 352 g/mol. The van der Waals surface area contributed by atoms with Crippen molar-refractivity contribution < 1.29 is 19.3 Å². The van der Waals surface area contributed by atoms with E-state index >= 15 is 0 Å². The van der Waals surface area contributed by atoms with E-state index in [1.807, 2.05) is 42.5 Å². The zero-order valence-electron chi connectivity index (χ0n) is 14.0. The molecule has 1 N–H and O–H groups in total. The molecule has 2 aromatic carbocycles. The molecule has 2 heterocycles. The van der Waals surface area contributed by atoms with Crippen LogP contribution in [0.3, 0.4) is 0 Å². The maximum absolute atomic E-state index is 10.2. The molecule has 0 aliphatic carbocycles. The third-order valence-corrected chi connectivity index (χ3v) is 5.08. The summed E-state index contributed by atoms with van der Waals surface area (Å²) in [5, 5.41) is 12.0. The van der Waals surface area contributed by atoms with E-state index in [1.165, 1.54) is 11.8 Å². The van der Waals surface area contributed by atoms with Gasteiger partial charge in [-0.15, -0.1) is 11.8 Å². The molecule has 0 spiro atoms. The van der Waals surface area contributed by atoms with Crippen LogP contribution in [0, 0.1) is 0 Å². The van der Waals surface area contributed by atoms with Crippen molar-refractivity contribution in [2.75, 3.05) is 19.2 Å². The summed E-state index contributed by atoms with van der Waals surface area (Å²) >= 11 is 1.50. The van der Waals surface area contributed by atoms with Crippen LogP contribution < -0.4 is 9.47 Å². The zero-order valence-corrected chi connectivity index (χ0v) is 14.8. The van der Waals surface area contributed by atoms with Gasteiger partial charge in [0.05, 0.1) is 24.8 Å². The summed E-state index contributed by atoms with van der Waals surface area (Å²) in [5.41, 5.74) is 1.88. The Labute approximate surface area is 155 Å². The average Bonchev–Trinajstić information content (AvgIpc) is 3.14. The third kappa shape index (κ3) is 3.90. The second-order valence-electron chi connectivity index (χ2n) is 5.86. The molecule has 1 atom stereocenters. The van der Waals surface area contributed by atoms with E-state index in [0.29, 0.717) is 12.4 Å². The average molecular weight is 370 g/mol. The first kappa shape index (κ1) is 17.1. The highest BCUT2D eigenvalue weighted by atomic mass is 32.2. The number of ether oxygens (including phenoxy) is 3. The van der Waals surface area contributed by atoms with Crippen LogP contribution in [0.4, 0.5) is 0 Å². The van der Waals surface area contributed by atoms with Crippen molar-refractivity contribution in [3.63, 3.8) is 0 Å². The van der Waals surface area contributed by atoms with Crippen LogP contribution in [-0.2, 0) is 11.3 Å². The number of thioether (sulfide) groups is 1. The van der Waals surface area contributed by atoms with Gasteiger partial charge in [-0.3, -0.25) is 0 Å². The second kappa shape index (κ2) is 7.90. The van der Waals surface area contributed by atoms with Gasteiger partial charge in [0, 0.05) is 11.1 Å². The Hall–Kier alpha value is -2.35. The molecule has 3 aromatic rings. The smallest absolute Gasteiger partial charge is 0.231 e. The minimum absolute atomic E-state index is 0.254. The van der Waals surface area contributed by atoms with Crippen LogP contribution in [0.25, 0.3) is 10.9 Å². The van der Waals surface area contributed by atoms with Crippen molar-refractivity contribution in [1.29, 1.82) is 0 Å². The molecule has 7 heteroatoms. The summed E-state index contributed by atoms with van der Waals surface area (Å²) in [6.07, 6.45) is 0.968. The lowest BCUT2D eigenvalue weighted by Gasteiger charge is -2.12. The van der Waals surface area contributed by atoms with E-state index in [4.69, 9.17) is 14.2 Å². The van der Waals surface area contributed by atoms with Crippen molar-refractivity contribution in [3.05, 3.63) is 54.4 Å². The van der Waals surface area contributed by atoms with Gasteiger partial charge >= 0.3 is 0 Å². The first-order valence-corrected chi connectivity index (χ1v) is 9.25.